The third-order valence-corrected chi connectivity index (χ3v) is 4.64. The molecule has 0 aliphatic heterocycles. The molecular weight excluding hydrogens is 394 g/mol. The Morgan fingerprint density at radius 1 is 1.13 bits per heavy atom. The van der Waals surface area contributed by atoms with Crippen LogP contribution in [0.1, 0.15) is 64.3 Å². The molecule has 7 nitrogen and oxygen atoms in total. The number of nitrogens with one attached hydrogen (secondary N) is 2. The predicted octanol–water partition coefficient (Wildman–Crippen LogP) is 3.80. The van der Waals surface area contributed by atoms with E-state index in [1.165, 1.54) is 4.90 Å². The van der Waals surface area contributed by atoms with Gasteiger partial charge in [0.1, 0.15) is 17.7 Å². The average molecular weight is 432 g/mol. The number of alkyl carbamates (subject to hydrolysis) is 1. The minimum absolute atomic E-state index is 0.0990. The highest BCUT2D eigenvalue weighted by Gasteiger charge is 2.35. The lowest BCUT2D eigenvalue weighted by atomic mass is 9.95. The van der Waals surface area contributed by atoms with Crippen LogP contribution in [0.15, 0.2) is 30.9 Å². The lowest BCUT2D eigenvalue weighted by Gasteiger charge is -2.34. The summed E-state index contributed by atoms with van der Waals surface area (Å²) < 4.78 is 5.26. The van der Waals surface area contributed by atoms with Gasteiger partial charge in [-0.3, -0.25) is 9.59 Å². The molecule has 0 bridgehead atoms. The van der Waals surface area contributed by atoms with Crippen LogP contribution < -0.4 is 10.6 Å². The Bertz CT molecular complexity index is 812. The summed E-state index contributed by atoms with van der Waals surface area (Å²) in [6, 6.07) is 3.82. The zero-order valence-corrected chi connectivity index (χ0v) is 20.0. The summed E-state index contributed by atoms with van der Waals surface area (Å²) in [4.78, 5) is 40.2. The molecule has 172 valence electrons. The SMILES string of the molecule is C=CCN(C(=O)C(C)NC(=O)OC(C)(C)C)C(C(=O)NC(C)C)c1cccc(C)c1C. The van der Waals surface area contributed by atoms with Gasteiger partial charge in [-0.2, -0.15) is 0 Å². The van der Waals surface area contributed by atoms with Crippen molar-refractivity contribution < 1.29 is 19.1 Å². The van der Waals surface area contributed by atoms with Gasteiger partial charge < -0.3 is 20.3 Å². The summed E-state index contributed by atoms with van der Waals surface area (Å²) in [5.41, 5.74) is 2.00. The summed E-state index contributed by atoms with van der Waals surface area (Å²) in [6.45, 7) is 18.3. The normalized spacial score (nSPS) is 13.2. The molecule has 0 saturated heterocycles. The minimum atomic E-state index is -0.894. The maximum absolute atomic E-state index is 13.4. The fraction of sp³-hybridized carbons (Fsp3) is 0.542. The quantitative estimate of drug-likeness (QED) is 0.613. The van der Waals surface area contributed by atoms with Crippen molar-refractivity contribution in [2.24, 2.45) is 0 Å². The number of nitrogens with zero attached hydrogens (tertiary/aromatic N) is 1. The van der Waals surface area contributed by atoms with Crippen LogP contribution in [0.4, 0.5) is 4.79 Å². The summed E-state index contributed by atoms with van der Waals surface area (Å²) in [6.07, 6.45) is 0.876. The maximum Gasteiger partial charge on any atom is 0.408 e. The Labute approximate surface area is 186 Å². The van der Waals surface area contributed by atoms with Crippen molar-refractivity contribution in [2.45, 2.75) is 79.1 Å². The second kappa shape index (κ2) is 11.0. The van der Waals surface area contributed by atoms with Crippen molar-refractivity contribution >= 4 is 17.9 Å². The molecular formula is C24H37N3O4. The summed E-state index contributed by atoms with van der Waals surface area (Å²) in [5, 5.41) is 5.48. The van der Waals surface area contributed by atoms with Crippen LogP contribution in [0.25, 0.3) is 0 Å². The number of hydrogen-bond acceptors (Lipinski definition) is 4. The van der Waals surface area contributed by atoms with Gasteiger partial charge in [-0.1, -0.05) is 24.3 Å². The highest BCUT2D eigenvalue weighted by molar-refractivity contribution is 5.92. The maximum atomic E-state index is 13.4. The summed E-state index contributed by atoms with van der Waals surface area (Å²) >= 11 is 0. The largest absolute Gasteiger partial charge is 0.444 e. The van der Waals surface area contributed by atoms with E-state index in [0.29, 0.717) is 0 Å². The van der Waals surface area contributed by atoms with Crippen LogP contribution in [0.2, 0.25) is 0 Å². The lowest BCUT2D eigenvalue weighted by molar-refractivity contribution is -0.141. The number of benzene rings is 1. The standard InChI is InChI=1S/C24H37N3O4/c1-10-14-27(22(29)18(6)26-23(30)31-24(7,8)9)20(21(28)25-15(2)3)19-13-11-12-16(4)17(19)5/h10-13,15,18,20H,1,14H2,2-9H3,(H,25,28)(H,26,30). The van der Waals surface area contributed by atoms with Crippen LogP contribution in [-0.2, 0) is 14.3 Å². The minimum Gasteiger partial charge on any atom is -0.444 e. The number of ether oxygens (including phenoxy) is 1. The fourth-order valence-electron chi connectivity index (χ4n) is 3.14. The van der Waals surface area contributed by atoms with Crippen molar-refractivity contribution in [2.75, 3.05) is 6.54 Å². The first-order valence-corrected chi connectivity index (χ1v) is 10.6. The van der Waals surface area contributed by atoms with Gasteiger partial charge in [0.05, 0.1) is 0 Å². The van der Waals surface area contributed by atoms with Gasteiger partial charge in [-0.25, -0.2) is 4.79 Å². The average Bonchev–Trinajstić information content (AvgIpc) is 2.61. The van der Waals surface area contributed by atoms with E-state index in [4.69, 9.17) is 4.74 Å². The molecule has 2 unspecified atom stereocenters. The Morgan fingerprint density at radius 3 is 2.26 bits per heavy atom. The van der Waals surface area contributed by atoms with E-state index in [9.17, 15) is 14.4 Å². The van der Waals surface area contributed by atoms with Gasteiger partial charge in [0.2, 0.25) is 11.8 Å². The first-order valence-electron chi connectivity index (χ1n) is 10.6. The molecule has 0 heterocycles. The summed E-state index contributed by atoms with van der Waals surface area (Å²) in [5.74, 6) is -0.695. The number of carbonyl (C=O) groups excluding carboxylic acids is 3. The van der Waals surface area contributed by atoms with Crippen LogP contribution >= 0.6 is 0 Å². The van der Waals surface area contributed by atoms with E-state index >= 15 is 0 Å². The van der Waals surface area contributed by atoms with Crippen LogP contribution in [0, 0.1) is 13.8 Å². The van der Waals surface area contributed by atoms with Crippen molar-refractivity contribution in [1.29, 1.82) is 0 Å². The van der Waals surface area contributed by atoms with Crippen molar-refractivity contribution in [3.8, 4) is 0 Å². The smallest absolute Gasteiger partial charge is 0.408 e. The lowest BCUT2D eigenvalue weighted by Crippen LogP contribution is -2.52. The van der Waals surface area contributed by atoms with Crippen LogP contribution in [-0.4, -0.2) is 47.0 Å². The van der Waals surface area contributed by atoms with Gasteiger partial charge in [0.25, 0.3) is 0 Å². The van der Waals surface area contributed by atoms with Gasteiger partial charge in [0.15, 0.2) is 0 Å². The first kappa shape index (κ1) is 26.2. The molecule has 0 aromatic heterocycles. The third-order valence-electron chi connectivity index (χ3n) is 4.64. The van der Waals surface area contributed by atoms with Crippen molar-refractivity contribution in [3.63, 3.8) is 0 Å². The molecule has 0 fully saturated rings. The van der Waals surface area contributed by atoms with E-state index in [0.717, 1.165) is 16.7 Å². The Morgan fingerprint density at radius 2 is 1.74 bits per heavy atom. The molecule has 3 amide bonds. The van der Waals surface area contributed by atoms with Crippen molar-refractivity contribution in [1.82, 2.24) is 15.5 Å². The molecule has 31 heavy (non-hydrogen) atoms. The zero-order chi connectivity index (χ0) is 23.9. The number of rotatable bonds is 8. The van der Waals surface area contributed by atoms with Crippen LogP contribution in [0.3, 0.4) is 0 Å². The zero-order valence-electron chi connectivity index (χ0n) is 20.0. The van der Waals surface area contributed by atoms with Gasteiger partial charge in [-0.15, -0.1) is 6.58 Å². The molecule has 0 aliphatic carbocycles. The van der Waals surface area contributed by atoms with E-state index in [1.807, 2.05) is 45.9 Å². The van der Waals surface area contributed by atoms with E-state index < -0.39 is 29.7 Å². The predicted molar refractivity (Wildman–Crippen MR) is 123 cm³/mol. The van der Waals surface area contributed by atoms with Crippen LogP contribution in [0.5, 0.6) is 0 Å². The number of hydrogen-bond donors (Lipinski definition) is 2. The third kappa shape index (κ3) is 7.74. The highest BCUT2D eigenvalue weighted by Crippen LogP contribution is 2.27. The molecule has 1 rings (SSSR count). The summed E-state index contributed by atoms with van der Waals surface area (Å²) in [7, 11) is 0. The number of aryl methyl sites for hydroxylation is 1. The van der Waals surface area contributed by atoms with E-state index in [-0.39, 0.29) is 18.5 Å². The van der Waals surface area contributed by atoms with E-state index in [1.54, 1.807) is 33.8 Å². The molecule has 2 N–H and O–H groups in total. The monoisotopic (exact) mass is 431 g/mol. The molecule has 0 saturated carbocycles. The molecule has 7 heteroatoms. The topological polar surface area (TPSA) is 87.7 Å². The Kier molecular flexibility index (Phi) is 9.28. The van der Waals surface area contributed by atoms with Gasteiger partial charge in [0, 0.05) is 12.6 Å². The molecule has 2 atom stereocenters. The Balaban J connectivity index is 3.33. The van der Waals surface area contributed by atoms with Gasteiger partial charge >= 0.3 is 6.09 Å². The highest BCUT2D eigenvalue weighted by atomic mass is 16.6. The molecule has 0 aliphatic rings. The fourth-order valence-corrected chi connectivity index (χ4v) is 3.14. The molecule has 0 spiro atoms. The molecule has 1 aromatic carbocycles. The molecule has 0 radical (unpaired) electrons. The first-order chi connectivity index (χ1) is 14.3. The Hall–Kier alpha value is -2.83. The number of carbonyl (C=O) groups is 3. The second-order valence-corrected chi connectivity index (χ2v) is 9.00. The second-order valence-electron chi connectivity index (χ2n) is 9.00. The van der Waals surface area contributed by atoms with E-state index in [2.05, 4.69) is 17.2 Å². The van der Waals surface area contributed by atoms with Crippen molar-refractivity contribution in [3.05, 3.63) is 47.5 Å². The van der Waals surface area contributed by atoms with Gasteiger partial charge in [-0.05, 0) is 72.1 Å². The molecule has 1 aromatic rings. The number of amides is 3.